The fraction of sp³-hybridized carbons (Fsp3) is 0.300. The zero-order valence-corrected chi connectivity index (χ0v) is 51.9. The van der Waals surface area contributed by atoms with E-state index in [0.29, 0.717) is 11.8 Å². The summed E-state index contributed by atoms with van der Waals surface area (Å²) in [5.41, 5.74) is 33.0. The lowest BCUT2D eigenvalue weighted by molar-refractivity contribution is 0.659. The molecule has 0 heteroatoms. The van der Waals surface area contributed by atoms with Crippen molar-refractivity contribution in [2.75, 3.05) is 0 Å². The summed E-state index contributed by atoms with van der Waals surface area (Å²) in [5.74, 6) is 1.15. The standard InChI is InChI=1S/C21H20.C17H20.C16H16.C16H20.C8H10.C2H6/c1-13-9-10-17-18(11-13)21(3,4)19-12-14(2)15-7-5-6-8-16(15)20(17)19;1-5-7-14-13(4)17-11-12(3)9-10-16(17)15(14)8-6-2;1-11-6-5-9-15-14-8-4-3-7-13(14)10-12(2)16(11)15;1-4-14-9-5-6-10-16(14)15-11-7-8-12(2)13(15)3;1-7-3-5-8(2)6-4-7;1-2/h5-12H,1-4H3;5-11,13H,1-4H3;3-9,12H,10H2,1-2H3;5,7-9,11H,4,6,10H2,1-3H3;3-6H,1-2H3;1-2H3/b;7-5-,8-6-;;;;. The molecule has 0 saturated carbocycles. The maximum atomic E-state index is 2.40. The van der Waals surface area contributed by atoms with Crippen LogP contribution in [0.1, 0.15) is 177 Å². The van der Waals surface area contributed by atoms with Crippen LogP contribution in [-0.2, 0) is 11.8 Å². The van der Waals surface area contributed by atoms with Gasteiger partial charge >= 0.3 is 0 Å². The van der Waals surface area contributed by atoms with Crippen LogP contribution in [0.2, 0.25) is 0 Å². The molecule has 8 aromatic carbocycles. The van der Waals surface area contributed by atoms with Crippen LogP contribution in [-0.4, -0.2) is 0 Å². The lowest BCUT2D eigenvalue weighted by Gasteiger charge is -2.26. The Kier molecular flexibility index (Phi) is 20.6. The highest BCUT2D eigenvalue weighted by atomic mass is 14.4. The molecule has 8 aromatic rings. The molecule has 0 saturated heterocycles. The van der Waals surface area contributed by atoms with E-state index in [2.05, 4.69) is 292 Å². The number of aryl methyl sites for hydroxylation is 7. The summed E-state index contributed by atoms with van der Waals surface area (Å²) in [4.78, 5) is 0. The number of allylic oxidation sites excluding steroid dienone is 10. The molecule has 0 bridgehead atoms. The van der Waals surface area contributed by atoms with Crippen molar-refractivity contribution in [1.29, 1.82) is 0 Å². The maximum absolute atomic E-state index is 2.40. The van der Waals surface area contributed by atoms with Gasteiger partial charge in [-0.25, -0.2) is 0 Å². The summed E-state index contributed by atoms with van der Waals surface area (Å²) >= 11 is 0. The van der Waals surface area contributed by atoms with E-state index in [1.54, 1.807) is 11.1 Å². The molecule has 2 unspecified atom stereocenters. The van der Waals surface area contributed by atoms with E-state index >= 15 is 0 Å². The quantitative estimate of drug-likeness (QED) is 0.165. The molecule has 0 heterocycles. The molecule has 80 heavy (non-hydrogen) atoms. The first-order valence-corrected chi connectivity index (χ1v) is 29.9. The average molecular weight is 1050 g/mol. The van der Waals surface area contributed by atoms with Gasteiger partial charge in [-0.05, 0) is 217 Å². The second kappa shape index (κ2) is 27.3. The number of hydrogen-bond acceptors (Lipinski definition) is 0. The van der Waals surface area contributed by atoms with E-state index < -0.39 is 0 Å². The van der Waals surface area contributed by atoms with E-state index in [-0.39, 0.29) is 5.41 Å². The van der Waals surface area contributed by atoms with Crippen LogP contribution in [0.3, 0.4) is 0 Å². The molecule has 0 N–H and O–H groups in total. The second-order valence-electron chi connectivity index (χ2n) is 23.0. The minimum atomic E-state index is 0.0888. The predicted molar refractivity (Wildman–Crippen MR) is 355 cm³/mol. The topological polar surface area (TPSA) is 0 Å². The Balaban J connectivity index is 0.000000147. The van der Waals surface area contributed by atoms with Crippen molar-refractivity contribution in [3.8, 4) is 22.3 Å². The Morgan fingerprint density at radius 3 is 1.76 bits per heavy atom. The van der Waals surface area contributed by atoms with Crippen LogP contribution in [0.15, 0.2) is 199 Å². The Hall–Kier alpha value is -7.28. The highest BCUT2D eigenvalue weighted by molar-refractivity contribution is 6.04. The van der Waals surface area contributed by atoms with Crippen LogP contribution in [0, 0.1) is 55.4 Å². The average Bonchev–Trinajstić information content (AvgIpc) is 3.92. The Labute approximate surface area is 484 Å². The van der Waals surface area contributed by atoms with E-state index in [9.17, 15) is 0 Å². The molecule has 0 aromatic heterocycles. The number of benzene rings is 8. The van der Waals surface area contributed by atoms with Crippen LogP contribution in [0.5, 0.6) is 0 Å². The second-order valence-corrected chi connectivity index (χ2v) is 23.0. The van der Waals surface area contributed by atoms with Crippen LogP contribution < -0.4 is 0 Å². The first-order chi connectivity index (χ1) is 38.5. The third-order valence-corrected chi connectivity index (χ3v) is 16.9. The van der Waals surface area contributed by atoms with E-state index in [0.717, 1.165) is 6.42 Å². The lowest BCUT2D eigenvalue weighted by atomic mass is 9.78. The summed E-state index contributed by atoms with van der Waals surface area (Å²) in [6.07, 6.45) is 18.0. The SMILES string of the molecule is C/C=C\C1=C(/C=C\C)C(C)c2cc(C)ccc21.CC.CCC1=C(c2cccc(C)c2C)CCC=C1.Cc1ccc(C)cc1.Cc1ccc2c(c1)C(C)(C)c1cc(C)c3ccccc3c1-2.Cc1cccc2c1C(C)Cc1ccccc1-2. The molecule has 0 aliphatic heterocycles. The highest BCUT2D eigenvalue weighted by Crippen LogP contribution is 2.52. The van der Waals surface area contributed by atoms with Gasteiger partial charge in [0.1, 0.15) is 0 Å². The Bertz CT molecular complexity index is 3590. The fourth-order valence-corrected chi connectivity index (χ4v) is 12.5. The molecule has 0 radical (unpaired) electrons. The molecule has 0 nitrogen and oxygen atoms in total. The van der Waals surface area contributed by atoms with Gasteiger partial charge in [-0.1, -0.05) is 259 Å². The molecule has 412 valence electrons. The monoisotopic (exact) mass is 1050 g/mol. The lowest BCUT2D eigenvalue weighted by Crippen LogP contribution is -2.15. The smallest absolute Gasteiger partial charge is 0.0159 e. The molecule has 12 rings (SSSR count). The van der Waals surface area contributed by atoms with Gasteiger partial charge in [0.2, 0.25) is 0 Å². The predicted octanol–water partition coefficient (Wildman–Crippen LogP) is 23.2. The fourth-order valence-electron chi connectivity index (χ4n) is 12.5. The van der Waals surface area contributed by atoms with Gasteiger partial charge in [0.05, 0.1) is 0 Å². The molecule has 0 spiro atoms. The Morgan fingerprint density at radius 1 is 0.525 bits per heavy atom. The van der Waals surface area contributed by atoms with Gasteiger partial charge < -0.3 is 0 Å². The summed E-state index contributed by atoms with van der Waals surface area (Å²) in [6.45, 7) is 37.2. The van der Waals surface area contributed by atoms with Gasteiger partial charge in [0, 0.05) is 11.3 Å². The zero-order valence-electron chi connectivity index (χ0n) is 51.9. The molecular weight excluding hydrogens is 961 g/mol. The van der Waals surface area contributed by atoms with Crippen molar-refractivity contribution in [1.82, 2.24) is 0 Å². The number of fused-ring (bicyclic) bond motifs is 9. The number of rotatable bonds is 4. The summed E-state index contributed by atoms with van der Waals surface area (Å²) in [5, 5.41) is 2.77. The van der Waals surface area contributed by atoms with Crippen molar-refractivity contribution in [2.24, 2.45) is 0 Å². The van der Waals surface area contributed by atoms with E-state index in [1.807, 2.05) is 13.8 Å². The molecule has 0 amide bonds. The van der Waals surface area contributed by atoms with E-state index in [4.69, 9.17) is 0 Å². The van der Waals surface area contributed by atoms with Crippen molar-refractivity contribution in [2.45, 2.75) is 161 Å². The summed E-state index contributed by atoms with van der Waals surface area (Å²) in [7, 11) is 0. The molecule has 4 aliphatic rings. The van der Waals surface area contributed by atoms with E-state index in [1.165, 1.54) is 147 Å². The van der Waals surface area contributed by atoms with Crippen molar-refractivity contribution < 1.29 is 0 Å². The van der Waals surface area contributed by atoms with Gasteiger partial charge in [-0.15, -0.1) is 0 Å². The molecule has 2 atom stereocenters. The third-order valence-electron chi connectivity index (χ3n) is 16.9. The largest absolute Gasteiger partial charge is 0.0873 e. The molecular formula is C80H92. The molecule has 4 aliphatic carbocycles. The van der Waals surface area contributed by atoms with Gasteiger partial charge in [0.15, 0.2) is 0 Å². The zero-order chi connectivity index (χ0) is 57.8. The van der Waals surface area contributed by atoms with Gasteiger partial charge in [-0.2, -0.15) is 0 Å². The summed E-state index contributed by atoms with van der Waals surface area (Å²) < 4.78 is 0. The third kappa shape index (κ3) is 13.1. The van der Waals surface area contributed by atoms with Crippen molar-refractivity contribution in [3.05, 3.63) is 283 Å². The normalized spacial score (nSPS) is 15.8. The van der Waals surface area contributed by atoms with Crippen LogP contribution >= 0.6 is 0 Å². The molecule has 0 fully saturated rings. The van der Waals surface area contributed by atoms with Crippen LogP contribution in [0.25, 0.3) is 44.2 Å². The van der Waals surface area contributed by atoms with Gasteiger partial charge in [0.25, 0.3) is 0 Å². The maximum Gasteiger partial charge on any atom is 0.0159 e. The highest BCUT2D eigenvalue weighted by Gasteiger charge is 2.37. The van der Waals surface area contributed by atoms with Crippen molar-refractivity contribution in [3.63, 3.8) is 0 Å². The first kappa shape index (κ1) is 60.4. The van der Waals surface area contributed by atoms with Crippen molar-refractivity contribution >= 4 is 21.9 Å². The minimum absolute atomic E-state index is 0.0888. The summed E-state index contributed by atoms with van der Waals surface area (Å²) in [6, 6.07) is 55.5. The van der Waals surface area contributed by atoms with Crippen LogP contribution in [0.4, 0.5) is 0 Å². The first-order valence-electron chi connectivity index (χ1n) is 29.9. The number of hydrogen-bond donors (Lipinski definition) is 0. The minimum Gasteiger partial charge on any atom is -0.0873 e. The van der Waals surface area contributed by atoms with Gasteiger partial charge in [-0.3, -0.25) is 0 Å². The Morgan fingerprint density at radius 2 is 1.10 bits per heavy atom.